The summed E-state index contributed by atoms with van der Waals surface area (Å²) in [5.74, 6) is -0.643. The molecule has 2 aromatic carbocycles. The quantitative estimate of drug-likeness (QED) is 0.544. The molecular formula is C23H22FN3O5S. The van der Waals surface area contributed by atoms with Gasteiger partial charge in [-0.3, -0.25) is 4.79 Å². The Bertz CT molecular complexity index is 1250. The number of halogens is 1. The first kappa shape index (κ1) is 21.7. The fraction of sp³-hybridized carbons (Fsp3) is 0.348. The normalized spacial score (nSPS) is 20.6. The number of rotatable bonds is 6. The summed E-state index contributed by atoms with van der Waals surface area (Å²) in [5, 5.41) is 3.95. The van der Waals surface area contributed by atoms with E-state index in [2.05, 4.69) is 10.1 Å². The molecule has 2 fully saturated rings. The summed E-state index contributed by atoms with van der Waals surface area (Å²) in [7, 11) is -3.45. The van der Waals surface area contributed by atoms with Gasteiger partial charge in [-0.25, -0.2) is 12.8 Å². The van der Waals surface area contributed by atoms with E-state index < -0.39 is 20.5 Å². The first-order valence-corrected chi connectivity index (χ1v) is 12.2. The topological polar surface area (TPSA) is 103 Å². The summed E-state index contributed by atoms with van der Waals surface area (Å²) in [4.78, 5) is 18.4. The molecule has 3 heterocycles. The van der Waals surface area contributed by atoms with Gasteiger partial charge in [0.1, 0.15) is 17.2 Å². The first-order chi connectivity index (χ1) is 15.9. The Morgan fingerprint density at radius 3 is 2.61 bits per heavy atom. The van der Waals surface area contributed by atoms with Crippen molar-refractivity contribution in [3.63, 3.8) is 0 Å². The van der Waals surface area contributed by atoms with Crippen molar-refractivity contribution in [2.45, 2.75) is 23.7 Å². The summed E-state index contributed by atoms with van der Waals surface area (Å²) in [6, 6.07) is 15.2. The van der Waals surface area contributed by atoms with Crippen molar-refractivity contribution in [1.29, 1.82) is 0 Å². The number of hydrogen-bond donors (Lipinski definition) is 0. The van der Waals surface area contributed by atoms with Gasteiger partial charge in [-0.15, -0.1) is 0 Å². The number of sulfone groups is 1. The second kappa shape index (κ2) is 8.35. The average Bonchev–Trinajstić information content (AvgIpc) is 3.36. The number of benzene rings is 2. The van der Waals surface area contributed by atoms with Crippen molar-refractivity contribution < 1.29 is 26.9 Å². The molecule has 3 aromatic rings. The van der Waals surface area contributed by atoms with E-state index in [9.17, 15) is 17.6 Å². The van der Waals surface area contributed by atoms with Crippen LogP contribution in [0.3, 0.4) is 0 Å². The van der Waals surface area contributed by atoms with Gasteiger partial charge in [0.15, 0.2) is 9.84 Å². The van der Waals surface area contributed by atoms with Crippen LogP contribution in [0.2, 0.25) is 0 Å². The number of hydrogen-bond acceptors (Lipinski definition) is 7. The largest absolute Gasteiger partial charge is 0.367 e. The summed E-state index contributed by atoms with van der Waals surface area (Å²) >= 11 is 0. The molecule has 172 valence electrons. The van der Waals surface area contributed by atoms with Crippen LogP contribution in [0.1, 0.15) is 23.8 Å². The van der Waals surface area contributed by atoms with Crippen molar-refractivity contribution in [3.05, 3.63) is 71.9 Å². The third-order valence-electron chi connectivity index (χ3n) is 6.38. The smallest absolute Gasteiger partial charge is 0.248 e. The van der Waals surface area contributed by atoms with Crippen molar-refractivity contribution >= 4 is 15.7 Å². The number of carbonyl (C=O) groups is 1. The summed E-state index contributed by atoms with van der Waals surface area (Å²) < 4.78 is 48.8. The zero-order chi connectivity index (χ0) is 23.1. The minimum absolute atomic E-state index is 0.00152. The van der Waals surface area contributed by atoms with Gasteiger partial charge in [-0.05, 0) is 36.2 Å². The van der Waals surface area contributed by atoms with E-state index in [-0.39, 0.29) is 48.9 Å². The molecule has 1 unspecified atom stereocenters. The van der Waals surface area contributed by atoms with Crippen LogP contribution in [-0.2, 0) is 26.0 Å². The highest BCUT2D eigenvalue weighted by molar-refractivity contribution is 7.93. The summed E-state index contributed by atoms with van der Waals surface area (Å²) in [6.07, 6.45) is 0.347. The fourth-order valence-electron chi connectivity index (χ4n) is 4.51. The van der Waals surface area contributed by atoms with Crippen LogP contribution >= 0.6 is 0 Å². The maximum Gasteiger partial charge on any atom is 0.248 e. The van der Waals surface area contributed by atoms with Crippen LogP contribution in [0.25, 0.3) is 11.4 Å². The molecule has 2 aliphatic rings. The number of aromatic nitrogens is 2. The van der Waals surface area contributed by atoms with E-state index in [1.807, 2.05) is 30.3 Å². The second-order valence-electron chi connectivity index (χ2n) is 8.42. The molecule has 8 nitrogen and oxygen atoms in total. The molecule has 0 N–H and O–H groups in total. The van der Waals surface area contributed by atoms with Crippen molar-refractivity contribution in [2.24, 2.45) is 0 Å². The molecule has 0 bridgehead atoms. The monoisotopic (exact) mass is 471 g/mol. The highest BCUT2D eigenvalue weighted by Crippen LogP contribution is 2.49. The van der Waals surface area contributed by atoms with Crippen LogP contribution in [0, 0.1) is 5.82 Å². The van der Waals surface area contributed by atoms with Gasteiger partial charge >= 0.3 is 0 Å². The fourth-order valence-corrected chi connectivity index (χ4v) is 6.82. The van der Waals surface area contributed by atoms with E-state index in [1.54, 1.807) is 0 Å². The average molecular weight is 472 g/mol. The zero-order valence-corrected chi connectivity index (χ0v) is 18.5. The third kappa shape index (κ3) is 3.93. The highest BCUT2D eigenvalue weighted by Gasteiger charge is 2.64. The Balaban J connectivity index is 1.26. The first-order valence-electron chi connectivity index (χ1n) is 10.6. The van der Waals surface area contributed by atoms with Gasteiger partial charge in [0.05, 0.1) is 18.3 Å². The van der Waals surface area contributed by atoms with E-state index in [0.29, 0.717) is 18.6 Å². The van der Waals surface area contributed by atoms with Gasteiger partial charge in [0, 0.05) is 18.7 Å². The van der Waals surface area contributed by atoms with Gasteiger partial charge < -0.3 is 14.2 Å². The SMILES string of the molecule is O=C(COCc1ccccc1)N1CC2(C1)C(c1nc(-c3ccc(F)cc3)no1)CCS2(=O)=O. The Kier molecular flexibility index (Phi) is 5.49. The maximum atomic E-state index is 13.2. The minimum Gasteiger partial charge on any atom is -0.367 e. The molecule has 2 aliphatic heterocycles. The van der Waals surface area contributed by atoms with Crippen molar-refractivity contribution in [1.82, 2.24) is 15.0 Å². The Morgan fingerprint density at radius 2 is 1.88 bits per heavy atom. The van der Waals surface area contributed by atoms with Crippen molar-refractivity contribution in [2.75, 3.05) is 25.4 Å². The van der Waals surface area contributed by atoms with E-state index in [0.717, 1.165) is 5.56 Å². The lowest BCUT2D eigenvalue weighted by atomic mass is 9.83. The van der Waals surface area contributed by atoms with Crippen LogP contribution in [0.5, 0.6) is 0 Å². The summed E-state index contributed by atoms with van der Waals surface area (Å²) in [6.45, 7) is 0.329. The van der Waals surface area contributed by atoms with E-state index in [1.165, 1.54) is 29.2 Å². The molecular weight excluding hydrogens is 449 g/mol. The number of likely N-dealkylation sites (tertiary alicyclic amines) is 1. The Morgan fingerprint density at radius 1 is 1.15 bits per heavy atom. The Labute approximate surface area is 190 Å². The van der Waals surface area contributed by atoms with Crippen LogP contribution in [-0.4, -0.2) is 59.6 Å². The molecule has 1 aromatic heterocycles. The standard InChI is InChI=1S/C23H22FN3O5S/c24-18-8-6-17(7-9-18)21-25-22(32-26-21)19-10-11-33(29,30)23(19)14-27(15-23)20(28)13-31-12-16-4-2-1-3-5-16/h1-9,19H,10-15H2. The molecule has 1 amide bonds. The molecule has 0 radical (unpaired) electrons. The summed E-state index contributed by atoms with van der Waals surface area (Å²) in [5.41, 5.74) is 1.53. The van der Waals surface area contributed by atoms with Gasteiger partial charge in [0.25, 0.3) is 0 Å². The van der Waals surface area contributed by atoms with E-state index >= 15 is 0 Å². The van der Waals surface area contributed by atoms with Gasteiger partial charge in [-0.2, -0.15) is 4.98 Å². The number of ether oxygens (including phenoxy) is 1. The molecule has 10 heteroatoms. The molecule has 1 spiro atoms. The third-order valence-corrected chi connectivity index (χ3v) is 8.93. The molecule has 5 rings (SSSR count). The maximum absolute atomic E-state index is 13.2. The minimum atomic E-state index is -3.45. The molecule has 0 aliphatic carbocycles. The molecule has 2 saturated heterocycles. The lowest BCUT2D eigenvalue weighted by Crippen LogP contribution is -2.68. The van der Waals surface area contributed by atoms with Crippen LogP contribution < -0.4 is 0 Å². The zero-order valence-electron chi connectivity index (χ0n) is 17.7. The van der Waals surface area contributed by atoms with Crippen LogP contribution in [0.15, 0.2) is 59.1 Å². The number of nitrogens with zero attached hydrogens (tertiary/aromatic N) is 3. The molecule has 0 saturated carbocycles. The highest BCUT2D eigenvalue weighted by atomic mass is 32.2. The predicted octanol–water partition coefficient (Wildman–Crippen LogP) is 2.58. The lowest BCUT2D eigenvalue weighted by Gasteiger charge is -2.48. The predicted molar refractivity (Wildman–Crippen MR) is 116 cm³/mol. The number of amides is 1. The van der Waals surface area contributed by atoms with Gasteiger partial charge in [0.2, 0.25) is 17.6 Å². The molecule has 1 atom stereocenters. The van der Waals surface area contributed by atoms with E-state index in [4.69, 9.17) is 9.26 Å². The Hall–Kier alpha value is -3.11. The van der Waals surface area contributed by atoms with Crippen molar-refractivity contribution in [3.8, 4) is 11.4 Å². The van der Waals surface area contributed by atoms with Gasteiger partial charge in [-0.1, -0.05) is 35.5 Å². The molecule has 33 heavy (non-hydrogen) atoms. The number of carbonyl (C=O) groups excluding carboxylic acids is 1. The lowest BCUT2D eigenvalue weighted by molar-refractivity contribution is -0.142. The van der Waals surface area contributed by atoms with Crippen LogP contribution in [0.4, 0.5) is 4.39 Å². The second-order valence-corrected chi connectivity index (χ2v) is 10.9.